The predicted molar refractivity (Wildman–Crippen MR) is 143 cm³/mol. The highest BCUT2D eigenvalue weighted by Crippen LogP contribution is 2.37. The SMILES string of the molecule is N#Cc1c(NC(=O)/C=C/c2ccccc2)sc2c1CCN(C(=O)CCCc1c[nH]c3ccccc13)C2. The second-order valence-electron chi connectivity index (χ2n) is 8.83. The topological polar surface area (TPSA) is 89.0 Å². The standard InChI is InChI=1S/C29H26N4O2S/c30-17-24-23-15-16-33(28(35)12-6-9-21-18-31-25-11-5-4-10-22(21)25)19-26(23)36-29(24)32-27(34)14-13-20-7-2-1-3-8-20/h1-5,7-8,10-11,13-14,18,31H,6,9,12,15-16,19H2,(H,32,34)/b14-13+. The van der Waals surface area contributed by atoms with Crippen molar-refractivity contribution in [1.82, 2.24) is 9.88 Å². The van der Waals surface area contributed by atoms with Crippen molar-refractivity contribution < 1.29 is 9.59 Å². The fourth-order valence-corrected chi connectivity index (χ4v) is 5.86. The van der Waals surface area contributed by atoms with Crippen molar-refractivity contribution in [2.45, 2.75) is 32.2 Å². The summed E-state index contributed by atoms with van der Waals surface area (Å²) in [7, 11) is 0. The van der Waals surface area contributed by atoms with Gasteiger partial charge >= 0.3 is 0 Å². The van der Waals surface area contributed by atoms with E-state index in [0.717, 1.165) is 34.4 Å². The van der Waals surface area contributed by atoms with Gasteiger partial charge in [-0.3, -0.25) is 9.59 Å². The molecule has 3 heterocycles. The minimum absolute atomic E-state index is 0.128. The zero-order valence-corrected chi connectivity index (χ0v) is 20.6. The first kappa shape index (κ1) is 23.6. The number of rotatable bonds is 7. The van der Waals surface area contributed by atoms with Gasteiger partial charge in [0.2, 0.25) is 11.8 Å². The van der Waals surface area contributed by atoms with Crippen LogP contribution in [0.5, 0.6) is 0 Å². The van der Waals surface area contributed by atoms with Gasteiger partial charge in [-0.05, 0) is 48.1 Å². The van der Waals surface area contributed by atoms with Gasteiger partial charge < -0.3 is 15.2 Å². The molecule has 0 saturated carbocycles. The molecule has 0 radical (unpaired) electrons. The molecule has 2 N–H and O–H groups in total. The van der Waals surface area contributed by atoms with Gasteiger partial charge in [0, 0.05) is 41.0 Å². The molecule has 6 nitrogen and oxygen atoms in total. The molecule has 36 heavy (non-hydrogen) atoms. The summed E-state index contributed by atoms with van der Waals surface area (Å²) in [4.78, 5) is 31.5. The Kier molecular flexibility index (Phi) is 6.96. The van der Waals surface area contributed by atoms with Gasteiger partial charge in [0.1, 0.15) is 11.1 Å². The molecule has 2 amide bonds. The fourth-order valence-electron chi connectivity index (χ4n) is 4.64. The molecule has 7 heteroatoms. The molecule has 180 valence electrons. The van der Waals surface area contributed by atoms with Crippen molar-refractivity contribution in [3.8, 4) is 6.07 Å². The van der Waals surface area contributed by atoms with Gasteiger partial charge in [0.25, 0.3) is 0 Å². The summed E-state index contributed by atoms with van der Waals surface area (Å²) in [6.07, 6.45) is 7.98. The van der Waals surface area contributed by atoms with Crippen LogP contribution in [0.1, 0.15) is 40.0 Å². The van der Waals surface area contributed by atoms with Crippen LogP contribution in [-0.4, -0.2) is 28.2 Å². The number of nitrogens with zero attached hydrogens (tertiary/aromatic N) is 2. The van der Waals surface area contributed by atoms with E-state index < -0.39 is 0 Å². The van der Waals surface area contributed by atoms with Crippen LogP contribution in [0.4, 0.5) is 5.00 Å². The molecule has 0 spiro atoms. The van der Waals surface area contributed by atoms with Crippen LogP contribution in [0.2, 0.25) is 0 Å². The second-order valence-corrected chi connectivity index (χ2v) is 9.94. The summed E-state index contributed by atoms with van der Waals surface area (Å²) in [5.74, 6) is -0.150. The minimum Gasteiger partial charge on any atom is -0.361 e. The summed E-state index contributed by atoms with van der Waals surface area (Å²) >= 11 is 1.39. The maximum atomic E-state index is 12.9. The van der Waals surface area contributed by atoms with Gasteiger partial charge in [-0.25, -0.2) is 0 Å². The van der Waals surface area contributed by atoms with E-state index in [2.05, 4.69) is 28.5 Å². The molecule has 5 rings (SSSR count). The molecule has 0 aliphatic carbocycles. The van der Waals surface area contributed by atoms with Crippen molar-refractivity contribution in [2.24, 2.45) is 0 Å². The van der Waals surface area contributed by atoms with Crippen LogP contribution in [0, 0.1) is 11.3 Å². The minimum atomic E-state index is -0.279. The molecule has 2 aromatic heterocycles. The number of hydrogen-bond acceptors (Lipinski definition) is 4. The quantitative estimate of drug-likeness (QED) is 0.325. The normalized spacial score (nSPS) is 13.0. The molecule has 2 aromatic carbocycles. The highest BCUT2D eigenvalue weighted by molar-refractivity contribution is 7.16. The number of aromatic amines is 1. The van der Waals surface area contributed by atoms with Gasteiger partial charge in [0.05, 0.1) is 12.1 Å². The van der Waals surface area contributed by atoms with Crippen LogP contribution in [0.15, 0.2) is 66.9 Å². The van der Waals surface area contributed by atoms with Crippen molar-refractivity contribution in [2.75, 3.05) is 11.9 Å². The zero-order valence-electron chi connectivity index (χ0n) is 19.8. The third-order valence-electron chi connectivity index (χ3n) is 6.50. The number of nitrogens with one attached hydrogen (secondary N) is 2. The number of amides is 2. The maximum absolute atomic E-state index is 12.9. The Morgan fingerprint density at radius 3 is 2.78 bits per heavy atom. The van der Waals surface area contributed by atoms with E-state index >= 15 is 0 Å². The van der Waals surface area contributed by atoms with E-state index in [-0.39, 0.29) is 11.8 Å². The molecular weight excluding hydrogens is 468 g/mol. The van der Waals surface area contributed by atoms with E-state index in [1.165, 1.54) is 28.4 Å². The molecule has 0 atom stereocenters. The number of fused-ring (bicyclic) bond motifs is 2. The van der Waals surface area contributed by atoms with Crippen LogP contribution in [0.3, 0.4) is 0 Å². The number of nitriles is 1. The van der Waals surface area contributed by atoms with Crippen molar-refractivity contribution >= 4 is 45.1 Å². The second kappa shape index (κ2) is 10.6. The summed E-state index contributed by atoms with van der Waals surface area (Å²) in [5.41, 5.74) is 4.75. The number of benzene rings is 2. The number of carbonyl (C=O) groups is 2. The van der Waals surface area contributed by atoms with Crippen LogP contribution >= 0.6 is 11.3 Å². The average Bonchev–Trinajstić information content (AvgIpc) is 3.48. The highest BCUT2D eigenvalue weighted by Gasteiger charge is 2.27. The Balaban J connectivity index is 1.19. The van der Waals surface area contributed by atoms with E-state index in [0.29, 0.717) is 36.5 Å². The Bertz CT molecular complexity index is 1480. The Hall–Kier alpha value is -4.15. The number of para-hydroxylation sites is 1. The lowest BCUT2D eigenvalue weighted by molar-refractivity contribution is -0.132. The Morgan fingerprint density at radius 2 is 1.94 bits per heavy atom. The summed E-state index contributed by atoms with van der Waals surface area (Å²) in [6, 6.07) is 20.0. The number of aryl methyl sites for hydroxylation is 1. The Labute approximate surface area is 213 Å². The van der Waals surface area contributed by atoms with Gasteiger partial charge in [-0.15, -0.1) is 11.3 Å². The summed E-state index contributed by atoms with van der Waals surface area (Å²) in [5, 5.41) is 14.4. The number of carbonyl (C=O) groups excluding carboxylic acids is 2. The van der Waals surface area contributed by atoms with Gasteiger partial charge in [-0.1, -0.05) is 48.5 Å². The summed E-state index contributed by atoms with van der Waals surface area (Å²) < 4.78 is 0. The molecule has 4 aromatic rings. The number of thiophene rings is 1. The number of hydrogen-bond donors (Lipinski definition) is 2. The number of aromatic nitrogens is 1. The van der Waals surface area contributed by atoms with Crippen molar-refractivity contribution in [3.05, 3.63) is 94.0 Å². The van der Waals surface area contributed by atoms with E-state index in [9.17, 15) is 14.9 Å². The van der Waals surface area contributed by atoms with Crippen molar-refractivity contribution in [1.29, 1.82) is 5.26 Å². The first-order valence-corrected chi connectivity index (χ1v) is 12.9. The first-order chi connectivity index (χ1) is 17.6. The lowest BCUT2D eigenvalue weighted by Gasteiger charge is -2.27. The van der Waals surface area contributed by atoms with Crippen LogP contribution < -0.4 is 5.32 Å². The lowest BCUT2D eigenvalue weighted by Crippen LogP contribution is -2.35. The van der Waals surface area contributed by atoms with Crippen LogP contribution in [0.25, 0.3) is 17.0 Å². The fraction of sp³-hybridized carbons (Fsp3) is 0.207. The molecule has 1 aliphatic heterocycles. The number of anilines is 1. The molecule has 0 unspecified atom stereocenters. The third kappa shape index (κ3) is 5.09. The maximum Gasteiger partial charge on any atom is 0.249 e. The predicted octanol–water partition coefficient (Wildman–Crippen LogP) is 5.66. The van der Waals surface area contributed by atoms with Gasteiger partial charge in [-0.2, -0.15) is 5.26 Å². The van der Waals surface area contributed by atoms with Crippen molar-refractivity contribution in [3.63, 3.8) is 0 Å². The third-order valence-corrected chi connectivity index (χ3v) is 7.63. The molecule has 1 aliphatic rings. The monoisotopic (exact) mass is 494 g/mol. The zero-order chi connectivity index (χ0) is 24.9. The largest absolute Gasteiger partial charge is 0.361 e. The average molecular weight is 495 g/mol. The lowest BCUT2D eigenvalue weighted by atomic mass is 10.0. The smallest absolute Gasteiger partial charge is 0.249 e. The molecule has 0 fully saturated rings. The van der Waals surface area contributed by atoms with E-state index in [1.54, 1.807) is 6.08 Å². The summed E-state index contributed by atoms with van der Waals surface area (Å²) in [6.45, 7) is 1.07. The van der Waals surface area contributed by atoms with Gasteiger partial charge in [0.15, 0.2) is 0 Å². The molecular formula is C29H26N4O2S. The van der Waals surface area contributed by atoms with E-state index in [4.69, 9.17) is 0 Å². The molecule has 0 saturated heterocycles. The first-order valence-electron chi connectivity index (χ1n) is 12.0. The number of H-pyrrole nitrogens is 1. The Morgan fingerprint density at radius 1 is 1.14 bits per heavy atom. The molecule has 0 bridgehead atoms. The highest BCUT2D eigenvalue weighted by atomic mass is 32.1. The van der Waals surface area contributed by atoms with Crippen LogP contribution in [-0.2, 0) is 29.0 Å². The van der Waals surface area contributed by atoms with E-state index in [1.807, 2.05) is 53.6 Å².